The van der Waals surface area contributed by atoms with Gasteiger partial charge in [0.15, 0.2) is 0 Å². The molecule has 0 heterocycles. The highest BCUT2D eigenvalue weighted by Gasteiger charge is 2.38. The van der Waals surface area contributed by atoms with E-state index in [-0.39, 0.29) is 12.2 Å². The molecule has 1 unspecified atom stereocenters. The SMILES string of the molecule is CC(=O)CC1CCCCC#CC1(F)F. The maximum atomic E-state index is 13.3. The molecular weight excluding hydrogens is 186 g/mol. The van der Waals surface area contributed by atoms with Crippen molar-refractivity contribution in [1.29, 1.82) is 0 Å². The predicted octanol–water partition coefficient (Wildman–Crippen LogP) is 2.79. The van der Waals surface area contributed by atoms with Crippen molar-refractivity contribution in [2.45, 2.75) is 45.0 Å². The molecule has 0 radical (unpaired) electrons. The summed E-state index contributed by atoms with van der Waals surface area (Å²) in [6, 6.07) is 0. The Bertz CT molecular complexity index is 273. The van der Waals surface area contributed by atoms with E-state index >= 15 is 0 Å². The molecule has 0 aromatic heterocycles. The predicted molar refractivity (Wildman–Crippen MR) is 50.0 cm³/mol. The van der Waals surface area contributed by atoms with Gasteiger partial charge in [-0.05, 0) is 25.7 Å². The van der Waals surface area contributed by atoms with Crippen LogP contribution in [0.2, 0.25) is 0 Å². The number of halogens is 2. The Morgan fingerprint density at radius 2 is 2.21 bits per heavy atom. The van der Waals surface area contributed by atoms with E-state index in [4.69, 9.17) is 0 Å². The van der Waals surface area contributed by atoms with E-state index in [9.17, 15) is 13.6 Å². The van der Waals surface area contributed by atoms with Crippen molar-refractivity contribution < 1.29 is 13.6 Å². The highest BCUT2D eigenvalue weighted by Crippen LogP contribution is 2.32. The minimum atomic E-state index is -2.98. The van der Waals surface area contributed by atoms with Crippen molar-refractivity contribution in [2.75, 3.05) is 0 Å². The fourth-order valence-corrected chi connectivity index (χ4v) is 1.65. The summed E-state index contributed by atoms with van der Waals surface area (Å²) in [4.78, 5) is 10.8. The van der Waals surface area contributed by atoms with Gasteiger partial charge in [0.05, 0.1) is 0 Å². The minimum absolute atomic E-state index is 0.0539. The van der Waals surface area contributed by atoms with Gasteiger partial charge >= 0.3 is 5.92 Å². The largest absolute Gasteiger partial charge is 0.311 e. The van der Waals surface area contributed by atoms with Crippen LogP contribution in [0.4, 0.5) is 8.78 Å². The van der Waals surface area contributed by atoms with Gasteiger partial charge in [0.1, 0.15) is 5.78 Å². The Kier molecular flexibility index (Phi) is 3.62. The number of hydrogen-bond donors (Lipinski definition) is 0. The number of rotatable bonds is 2. The molecule has 0 aliphatic heterocycles. The highest BCUT2D eigenvalue weighted by molar-refractivity contribution is 5.75. The van der Waals surface area contributed by atoms with Gasteiger partial charge in [0.25, 0.3) is 0 Å². The monoisotopic (exact) mass is 200 g/mol. The van der Waals surface area contributed by atoms with Crippen LogP contribution in [-0.4, -0.2) is 11.7 Å². The Hall–Kier alpha value is -0.910. The number of carbonyl (C=O) groups is 1. The van der Waals surface area contributed by atoms with E-state index in [1.165, 1.54) is 6.92 Å². The van der Waals surface area contributed by atoms with E-state index in [1.807, 2.05) is 5.92 Å². The summed E-state index contributed by atoms with van der Waals surface area (Å²) in [6.45, 7) is 1.35. The van der Waals surface area contributed by atoms with E-state index in [0.29, 0.717) is 12.8 Å². The van der Waals surface area contributed by atoms with Crippen molar-refractivity contribution in [2.24, 2.45) is 5.92 Å². The summed E-state index contributed by atoms with van der Waals surface area (Å²) >= 11 is 0. The van der Waals surface area contributed by atoms with Gasteiger partial charge in [-0.25, -0.2) is 0 Å². The molecule has 1 rings (SSSR count). The lowest BCUT2D eigenvalue weighted by molar-refractivity contribution is -0.120. The fourth-order valence-electron chi connectivity index (χ4n) is 1.65. The molecule has 0 fully saturated rings. The second-order valence-electron chi connectivity index (χ2n) is 3.77. The molecule has 0 saturated heterocycles. The van der Waals surface area contributed by atoms with Crippen molar-refractivity contribution in [3.8, 4) is 11.8 Å². The fraction of sp³-hybridized carbons (Fsp3) is 0.727. The van der Waals surface area contributed by atoms with E-state index in [2.05, 4.69) is 5.92 Å². The van der Waals surface area contributed by atoms with Crippen LogP contribution in [0.15, 0.2) is 0 Å². The summed E-state index contributed by atoms with van der Waals surface area (Å²) in [7, 11) is 0. The Morgan fingerprint density at radius 3 is 2.86 bits per heavy atom. The van der Waals surface area contributed by atoms with Crippen LogP contribution in [-0.2, 0) is 4.79 Å². The molecule has 1 atom stereocenters. The molecule has 3 heteroatoms. The van der Waals surface area contributed by atoms with Crippen molar-refractivity contribution >= 4 is 5.78 Å². The molecule has 0 aromatic rings. The molecule has 0 amide bonds. The van der Waals surface area contributed by atoms with Gasteiger partial charge in [-0.2, -0.15) is 8.78 Å². The topological polar surface area (TPSA) is 17.1 Å². The highest BCUT2D eigenvalue weighted by atomic mass is 19.3. The van der Waals surface area contributed by atoms with Crippen LogP contribution >= 0.6 is 0 Å². The molecule has 0 aromatic carbocycles. The Morgan fingerprint density at radius 1 is 1.50 bits per heavy atom. The molecule has 1 aliphatic carbocycles. The summed E-state index contributed by atoms with van der Waals surface area (Å²) in [5, 5.41) is 0. The van der Waals surface area contributed by atoms with E-state index in [1.54, 1.807) is 0 Å². The Balaban J connectivity index is 2.75. The van der Waals surface area contributed by atoms with Gasteiger partial charge in [-0.15, -0.1) is 0 Å². The molecule has 0 saturated carbocycles. The standard InChI is InChI=1S/C11H14F2O/c1-9(14)8-10-6-4-2-3-5-7-11(10,12)13/h10H,2-4,6,8H2,1H3. The Labute approximate surface area is 82.9 Å². The summed E-state index contributed by atoms with van der Waals surface area (Å²) in [6.07, 6.45) is 2.49. The van der Waals surface area contributed by atoms with Gasteiger partial charge < -0.3 is 4.79 Å². The van der Waals surface area contributed by atoms with Crippen molar-refractivity contribution in [1.82, 2.24) is 0 Å². The lowest BCUT2D eigenvalue weighted by Gasteiger charge is -2.22. The average Bonchev–Trinajstić information content (AvgIpc) is 2.05. The van der Waals surface area contributed by atoms with Crippen LogP contribution in [0, 0.1) is 17.8 Å². The van der Waals surface area contributed by atoms with Gasteiger partial charge in [-0.3, -0.25) is 0 Å². The van der Waals surface area contributed by atoms with Crippen LogP contribution in [0.3, 0.4) is 0 Å². The quantitative estimate of drug-likeness (QED) is 0.626. The third kappa shape index (κ3) is 3.10. The zero-order valence-electron chi connectivity index (χ0n) is 8.28. The molecule has 0 bridgehead atoms. The van der Waals surface area contributed by atoms with E-state index in [0.717, 1.165) is 12.8 Å². The van der Waals surface area contributed by atoms with Crippen molar-refractivity contribution in [3.63, 3.8) is 0 Å². The first-order valence-electron chi connectivity index (χ1n) is 4.89. The van der Waals surface area contributed by atoms with Crippen LogP contribution in [0.25, 0.3) is 0 Å². The zero-order chi connectivity index (χ0) is 10.6. The average molecular weight is 200 g/mol. The first-order chi connectivity index (χ1) is 6.52. The third-order valence-electron chi connectivity index (χ3n) is 2.41. The molecule has 1 aliphatic rings. The molecular formula is C11H14F2O. The number of Topliss-reactive ketones (excluding diaryl/α,β-unsaturated/α-hetero) is 1. The van der Waals surface area contributed by atoms with Gasteiger partial charge in [-0.1, -0.05) is 12.3 Å². The second-order valence-corrected chi connectivity index (χ2v) is 3.77. The number of carbonyl (C=O) groups excluding carboxylic acids is 1. The summed E-state index contributed by atoms with van der Waals surface area (Å²) in [5.41, 5.74) is 0. The molecule has 1 nitrogen and oxygen atoms in total. The lowest BCUT2D eigenvalue weighted by atomic mass is 9.89. The summed E-state index contributed by atoms with van der Waals surface area (Å²) in [5.74, 6) is 0.405. The van der Waals surface area contributed by atoms with Crippen LogP contribution in [0.1, 0.15) is 39.0 Å². The smallest absolute Gasteiger partial charge is 0.300 e. The maximum absolute atomic E-state index is 13.3. The van der Waals surface area contributed by atoms with Crippen LogP contribution in [0.5, 0.6) is 0 Å². The number of alkyl halides is 2. The molecule has 0 N–H and O–H groups in total. The van der Waals surface area contributed by atoms with Crippen LogP contribution < -0.4 is 0 Å². The lowest BCUT2D eigenvalue weighted by Crippen LogP contribution is -2.29. The number of hydrogen-bond acceptors (Lipinski definition) is 1. The normalized spacial score (nSPS) is 25.5. The maximum Gasteiger partial charge on any atom is 0.311 e. The zero-order valence-corrected chi connectivity index (χ0v) is 8.28. The van der Waals surface area contributed by atoms with Crippen molar-refractivity contribution in [3.05, 3.63) is 0 Å². The molecule has 0 spiro atoms. The second kappa shape index (κ2) is 4.54. The summed E-state index contributed by atoms with van der Waals surface area (Å²) < 4.78 is 26.7. The minimum Gasteiger partial charge on any atom is -0.300 e. The van der Waals surface area contributed by atoms with Gasteiger partial charge in [0, 0.05) is 18.8 Å². The first-order valence-corrected chi connectivity index (χ1v) is 4.89. The van der Waals surface area contributed by atoms with E-state index < -0.39 is 11.8 Å². The molecule has 14 heavy (non-hydrogen) atoms. The first kappa shape index (κ1) is 11.2. The number of ketones is 1. The van der Waals surface area contributed by atoms with Gasteiger partial charge in [0.2, 0.25) is 0 Å². The third-order valence-corrected chi connectivity index (χ3v) is 2.41. The molecule has 78 valence electrons.